The summed E-state index contributed by atoms with van der Waals surface area (Å²) in [6.45, 7) is 7.15. The molecule has 0 bridgehead atoms. The van der Waals surface area contributed by atoms with Crippen molar-refractivity contribution in [1.29, 1.82) is 0 Å². The van der Waals surface area contributed by atoms with E-state index in [9.17, 15) is 8.42 Å². The predicted octanol–water partition coefficient (Wildman–Crippen LogP) is 2.78. The molecule has 0 unspecified atom stereocenters. The Balaban J connectivity index is 2.93. The third-order valence-corrected chi connectivity index (χ3v) is 6.53. The van der Waals surface area contributed by atoms with Crippen LogP contribution in [0.4, 0.5) is 5.69 Å². The number of hydrogen-bond donors (Lipinski definition) is 1. The maximum Gasteiger partial charge on any atom is 0.252 e. The van der Waals surface area contributed by atoms with Crippen molar-refractivity contribution < 1.29 is 8.42 Å². The zero-order valence-corrected chi connectivity index (χ0v) is 12.9. The Morgan fingerprint density at radius 2 is 1.94 bits per heavy atom. The maximum atomic E-state index is 12.4. The van der Waals surface area contributed by atoms with E-state index in [2.05, 4.69) is 13.8 Å². The summed E-state index contributed by atoms with van der Waals surface area (Å²) in [7, 11) is -3.37. The SMILES string of the molecule is CCC(CC)CN(CC)S(=O)(=O)c1cc(N)cs1. The van der Waals surface area contributed by atoms with Gasteiger partial charge in [0.15, 0.2) is 0 Å². The second-order valence-corrected chi connectivity index (χ2v) is 7.41. The zero-order valence-electron chi connectivity index (χ0n) is 11.2. The van der Waals surface area contributed by atoms with Gasteiger partial charge in [0.2, 0.25) is 0 Å². The van der Waals surface area contributed by atoms with Crippen molar-refractivity contribution in [2.24, 2.45) is 5.92 Å². The third kappa shape index (κ3) is 3.46. The average molecular weight is 290 g/mol. The van der Waals surface area contributed by atoms with Crippen LogP contribution in [-0.4, -0.2) is 25.8 Å². The smallest absolute Gasteiger partial charge is 0.252 e. The maximum absolute atomic E-state index is 12.4. The van der Waals surface area contributed by atoms with Gasteiger partial charge < -0.3 is 5.73 Å². The number of thiophene rings is 1. The molecule has 0 saturated carbocycles. The highest BCUT2D eigenvalue weighted by Gasteiger charge is 2.26. The quantitative estimate of drug-likeness (QED) is 0.840. The second-order valence-electron chi connectivity index (χ2n) is 4.34. The summed E-state index contributed by atoms with van der Waals surface area (Å²) in [5.41, 5.74) is 6.11. The molecule has 1 aromatic rings. The van der Waals surface area contributed by atoms with Crippen molar-refractivity contribution >= 4 is 27.0 Å². The molecule has 1 aromatic heterocycles. The zero-order chi connectivity index (χ0) is 13.8. The number of hydrogen-bond acceptors (Lipinski definition) is 4. The summed E-state index contributed by atoms with van der Waals surface area (Å²) in [4.78, 5) is 0. The van der Waals surface area contributed by atoms with Gasteiger partial charge in [-0.2, -0.15) is 4.31 Å². The summed E-state index contributed by atoms with van der Waals surface area (Å²) in [6.07, 6.45) is 1.99. The monoisotopic (exact) mass is 290 g/mol. The van der Waals surface area contributed by atoms with E-state index in [0.29, 0.717) is 28.9 Å². The molecule has 0 saturated heterocycles. The van der Waals surface area contributed by atoms with Crippen LogP contribution >= 0.6 is 11.3 Å². The molecule has 2 N–H and O–H groups in total. The normalized spacial score (nSPS) is 12.5. The summed E-state index contributed by atoms with van der Waals surface area (Å²) < 4.78 is 26.7. The third-order valence-electron chi connectivity index (χ3n) is 3.16. The van der Waals surface area contributed by atoms with Gasteiger partial charge in [-0.3, -0.25) is 0 Å². The lowest BCUT2D eigenvalue weighted by Crippen LogP contribution is -2.34. The number of anilines is 1. The highest BCUT2D eigenvalue weighted by Crippen LogP contribution is 2.26. The van der Waals surface area contributed by atoms with Gasteiger partial charge >= 0.3 is 0 Å². The van der Waals surface area contributed by atoms with Crippen molar-refractivity contribution in [3.8, 4) is 0 Å². The van der Waals surface area contributed by atoms with E-state index in [4.69, 9.17) is 5.73 Å². The van der Waals surface area contributed by atoms with Crippen LogP contribution in [0, 0.1) is 5.92 Å². The van der Waals surface area contributed by atoms with E-state index in [0.717, 1.165) is 12.8 Å². The summed E-state index contributed by atoms with van der Waals surface area (Å²) >= 11 is 1.19. The molecule has 0 aliphatic heterocycles. The Morgan fingerprint density at radius 1 is 1.33 bits per heavy atom. The topological polar surface area (TPSA) is 63.4 Å². The van der Waals surface area contributed by atoms with E-state index in [1.807, 2.05) is 6.92 Å². The van der Waals surface area contributed by atoms with Gasteiger partial charge in [0.1, 0.15) is 4.21 Å². The van der Waals surface area contributed by atoms with E-state index < -0.39 is 10.0 Å². The molecule has 0 amide bonds. The average Bonchev–Trinajstić information content (AvgIpc) is 2.78. The number of nitrogens with zero attached hydrogens (tertiary/aromatic N) is 1. The largest absolute Gasteiger partial charge is 0.398 e. The molecule has 0 fully saturated rings. The summed E-state index contributed by atoms with van der Waals surface area (Å²) in [6, 6.07) is 1.54. The van der Waals surface area contributed by atoms with Gasteiger partial charge in [-0.15, -0.1) is 11.3 Å². The molecule has 0 aliphatic rings. The highest BCUT2D eigenvalue weighted by atomic mass is 32.2. The van der Waals surface area contributed by atoms with Crippen LogP contribution in [-0.2, 0) is 10.0 Å². The molecule has 104 valence electrons. The predicted molar refractivity (Wildman–Crippen MR) is 77.2 cm³/mol. The fourth-order valence-electron chi connectivity index (χ4n) is 1.82. The Morgan fingerprint density at radius 3 is 2.33 bits per heavy atom. The van der Waals surface area contributed by atoms with Crippen molar-refractivity contribution in [3.05, 3.63) is 11.4 Å². The lowest BCUT2D eigenvalue weighted by atomic mass is 10.0. The van der Waals surface area contributed by atoms with Crippen molar-refractivity contribution in [2.75, 3.05) is 18.8 Å². The molecule has 0 spiro atoms. The number of rotatable bonds is 7. The minimum Gasteiger partial charge on any atom is -0.398 e. The molecular weight excluding hydrogens is 268 g/mol. The van der Waals surface area contributed by atoms with E-state index in [1.54, 1.807) is 9.69 Å². The van der Waals surface area contributed by atoms with Crippen molar-refractivity contribution in [1.82, 2.24) is 4.31 Å². The van der Waals surface area contributed by atoms with Crippen LogP contribution in [0.2, 0.25) is 0 Å². The molecular formula is C12H22N2O2S2. The van der Waals surface area contributed by atoms with Gasteiger partial charge in [0.25, 0.3) is 10.0 Å². The molecule has 0 radical (unpaired) electrons. The molecule has 1 heterocycles. The van der Waals surface area contributed by atoms with Gasteiger partial charge in [0.05, 0.1) is 0 Å². The summed E-state index contributed by atoms with van der Waals surface area (Å²) in [5, 5.41) is 1.66. The first kappa shape index (κ1) is 15.5. The fourth-order valence-corrected chi connectivity index (χ4v) is 4.58. The minimum atomic E-state index is -3.37. The van der Waals surface area contributed by atoms with E-state index in [1.165, 1.54) is 17.4 Å². The first-order valence-corrected chi connectivity index (χ1v) is 8.61. The Bertz CT molecular complexity index is 464. The van der Waals surface area contributed by atoms with Crippen LogP contribution in [0.15, 0.2) is 15.7 Å². The van der Waals surface area contributed by atoms with Crippen LogP contribution in [0.3, 0.4) is 0 Å². The van der Waals surface area contributed by atoms with Crippen LogP contribution < -0.4 is 5.73 Å². The summed E-state index contributed by atoms with van der Waals surface area (Å²) in [5.74, 6) is 0.414. The first-order valence-electron chi connectivity index (χ1n) is 6.29. The van der Waals surface area contributed by atoms with Gasteiger partial charge in [-0.25, -0.2) is 8.42 Å². The van der Waals surface area contributed by atoms with Crippen molar-refractivity contribution in [3.63, 3.8) is 0 Å². The van der Waals surface area contributed by atoms with E-state index >= 15 is 0 Å². The molecule has 4 nitrogen and oxygen atoms in total. The van der Waals surface area contributed by atoms with Gasteiger partial charge in [-0.1, -0.05) is 33.6 Å². The highest BCUT2D eigenvalue weighted by molar-refractivity contribution is 7.91. The molecule has 0 aromatic carbocycles. The number of nitrogens with two attached hydrogens (primary N) is 1. The molecule has 0 atom stereocenters. The lowest BCUT2D eigenvalue weighted by Gasteiger charge is -2.24. The van der Waals surface area contributed by atoms with Crippen molar-refractivity contribution in [2.45, 2.75) is 37.8 Å². The Kier molecular flexibility index (Phi) is 5.62. The Hall–Kier alpha value is -0.590. The molecule has 0 aliphatic carbocycles. The fraction of sp³-hybridized carbons (Fsp3) is 0.667. The first-order chi connectivity index (χ1) is 8.45. The molecule has 18 heavy (non-hydrogen) atoms. The van der Waals surface area contributed by atoms with Crippen LogP contribution in [0.5, 0.6) is 0 Å². The van der Waals surface area contributed by atoms with Gasteiger partial charge in [0, 0.05) is 24.2 Å². The number of sulfonamides is 1. The molecule has 6 heteroatoms. The van der Waals surface area contributed by atoms with E-state index in [-0.39, 0.29) is 0 Å². The number of nitrogen functional groups attached to an aromatic ring is 1. The van der Waals surface area contributed by atoms with Crippen LogP contribution in [0.25, 0.3) is 0 Å². The standard InChI is InChI=1S/C12H22N2O2S2/c1-4-10(5-2)8-14(6-3)18(15,16)12-7-11(13)9-17-12/h7,9-10H,4-6,8,13H2,1-3H3. The minimum absolute atomic E-state index is 0.341. The molecule has 1 rings (SSSR count). The Labute approximate surface area is 114 Å². The van der Waals surface area contributed by atoms with Gasteiger partial charge in [-0.05, 0) is 12.0 Å². The lowest BCUT2D eigenvalue weighted by molar-refractivity contribution is 0.340. The van der Waals surface area contributed by atoms with Crippen LogP contribution in [0.1, 0.15) is 33.6 Å². The second kappa shape index (κ2) is 6.54.